The number of Topliss-reactive ketones (excluding diaryl/α,β-unsaturated/α-hetero) is 1. The number of aromatic nitrogens is 1. The second-order valence-electron chi connectivity index (χ2n) is 10.0. The number of methoxy groups -OCH3 is 1. The van der Waals surface area contributed by atoms with Crippen molar-refractivity contribution in [3.8, 4) is 17.0 Å². The molecule has 1 aliphatic rings. The van der Waals surface area contributed by atoms with Crippen molar-refractivity contribution in [1.29, 1.82) is 0 Å². The fourth-order valence-corrected chi connectivity index (χ4v) is 4.20. The van der Waals surface area contributed by atoms with Crippen molar-refractivity contribution in [1.82, 2.24) is 10.3 Å². The van der Waals surface area contributed by atoms with Gasteiger partial charge in [0.25, 0.3) is 0 Å². The van der Waals surface area contributed by atoms with E-state index in [9.17, 15) is 14.4 Å². The standard InChI is InChI=1S/C27H35N3O6/c1-26(2,3)36-25(33)30-27(10-13-35-14-11-27)22(31)16-21(24(28)32)15-18-5-7-19(8-6-18)20-9-12-29-23(17-20)34-4/h5-9,12,17,21H,10-11,13-16H2,1-4H3,(H2,28,32)(H,30,33)/t21-/m1/s1. The highest BCUT2D eigenvalue weighted by atomic mass is 16.6. The van der Waals surface area contributed by atoms with E-state index in [0.29, 0.717) is 38.4 Å². The van der Waals surface area contributed by atoms with Crippen LogP contribution in [-0.2, 0) is 25.5 Å². The minimum Gasteiger partial charge on any atom is -0.481 e. The molecule has 1 atom stereocenters. The average molecular weight is 498 g/mol. The maximum absolute atomic E-state index is 13.5. The van der Waals surface area contributed by atoms with Crippen LogP contribution in [0, 0.1) is 5.92 Å². The van der Waals surface area contributed by atoms with Gasteiger partial charge in [0.05, 0.1) is 7.11 Å². The molecule has 0 unspecified atom stereocenters. The summed E-state index contributed by atoms with van der Waals surface area (Å²) in [5, 5.41) is 2.77. The highest BCUT2D eigenvalue weighted by Crippen LogP contribution is 2.28. The molecule has 36 heavy (non-hydrogen) atoms. The lowest BCUT2D eigenvalue weighted by Crippen LogP contribution is -2.58. The number of nitrogens with one attached hydrogen (secondary N) is 1. The van der Waals surface area contributed by atoms with Crippen LogP contribution in [0.5, 0.6) is 5.88 Å². The number of ether oxygens (including phenoxy) is 3. The summed E-state index contributed by atoms with van der Waals surface area (Å²) in [4.78, 5) is 42.4. The number of hydrogen-bond acceptors (Lipinski definition) is 7. The van der Waals surface area contributed by atoms with Gasteiger partial charge in [0, 0.05) is 50.7 Å². The van der Waals surface area contributed by atoms with Gasteiger partial charge in [-0.1, -0.05) is 24.3 Å². The lowest BCUT2D eigenvalue weighted by molar-refractivity contribution is -0.133. The Balaban J connectivity index is 1.72. The predicted octanol–water partition coefficient (Wildman–Crippen LogP) is 3.43. The number of ketones is 1. The number of carbonyl (C=O) groups excluding carboxylic acids is 3. The van der Waals surface area contributed by atoms with Gasteiger partial charge in [-0.2, -0.15) is 0 Å². The van der Waals surface area contributed by atoms with E-state index >= 15 is 0 Å². The van der Waals surface area contributed by atoms with Gasteiger partial charge >= 0.3 is 6.09 Å². The molecule has 3 N–H and O–H groups in total. The third kappa shape index (κ3) is 7.27. The van der Waals surface area contributed by atoms with Gasteiger partial charge in [0.15, 0.2) is 5.78 Å². The molecule has 9 heteroatoms. The number of pyridine rings is 1. The highest BCUT2D eigenvalue weighted by molar-refractivity contribution is 5.94. The number of primary amides is 1. The van der Waals surface area contributed by atoms with Crippen LogP contribution in [0.1, 0.15) is 45.6 Å². The van der Waals surface area contributed by atoms with Gasteiger partial charge in [-0.15, -0.1) is 0 Å². The molecule has 0 saturated carbocycles. The second-order valence-corrected chi connectivity index (χ2v) is 10.0. The van der Waals surface area contributed by atoms with E-state index < -0.39 is 29.1 Å². The van der Waals surface area contributed by atoms with Crippen molar-refractivity contribution in [3.05, 3.63) is 48.2 Å². The van der Waals surface area contributed by atoms with Crippen LogP contribution in [-0.4, -0.2) is 54.2 Å². The van der Waals surface area contributed by atoms with E-state index in [1.807, 2.05) is 36.4 Å². The topological polar surface area (TPSA) is 130 Å². The fourth-order valence-electron chi connectivity index (χ4n) is 4.20. The van der Waals surface area contributed by atoms with E-state index in [0.717, 1.165) is 16.7 Å². The largest absolute Gasteiger partial charge is 0.481 e. The van der Waals surface area contributed by atoms with Crippen LogP contribution in [0.4, 0.5) is 4.79 Å². The molecule has 0 aliphatic carbocycles. The molecule has 9 nitrogen and oxygen atoms in total. The van der Waals surface area contributed by atoms with Crippen LogP contribution < -0.4 is 15.8 Å². The molecule has 3 rings (SSSR count). The number of nitrogens with two attached hydrogens (primary N) is 1. The summed E-state index contributed by atoms with van der Waals surface area (Å²) in [5.74, 6) is -1.01. The van der Waals surface area contributed by atoms with Gasteiger partial charge in [0.2, 0.25) is 11.8 Å². The Bertz CT molecular complexity index is 1070. The monoisotopic (exact) mass is 497 g/mol. The third-order valence-electron chi connectivity index (χ3n) is 6.17. The molecular weight excluding hydrogens is 462 g/mol. The number of benzene rings is 1. The summed E-state index contributed by atoms with van der Waals surface area (Å²) in [6.45, 7) is 5.91. The Morgan fingerprint density at radius 2 is 1.78 bits per heavy atom. The lowest BCUT2D eigenvalue weighted by Gasteiger charge is -2.37. The maximum atomic E-state index is 13.5. The molecule has 0 radical (unpaired) electrons. The van der Waals surface area contributed by atoms with Crippen molar-refractivity contribution < 1.29 is 28.6 Å². The zero-order chi connectivity index (χ0) is 26.3. The molecule has 2 amide bonds. The Labute approximate surface area is 211 Å². The van der Waals surface area contributed by atoms with E-state index in [1.165, 1.54) is 0 Å². The Morgan fingerprint density at radius 3 is 2.36 bits per heavy atom. The van der Waals surface area contributed by atoms with Crippen molar-refractivity contribution in [2.75, 3.05) is 20.3 Å². The van der Waals surface area contributed by atoms with E-state index in [1.54, 1.807) is 34.1 Å². The van der Waals surface area contributed by atoms with Crippen molar-refractivity contribution in [2.24, 2.45) is 11.7 Å². The third-order valence-corrected chi connectivity index (χ3v) is 6.17. The first kappa shape index (κ1) is 27.1. The number of carbonyl (C=O) groups is 3. The van der Waals surface area contributed by atoms with Gasteiger partial charge in [-0.05, 0) is 49.9 Å². The van der Waals surface area contributed by atoms with Crippen LogP contribution in [0.3, 0.4) is 0 Å². The summed E-state index contributed by atoms with van der Waals surface area (Å²) in [6, 6.07) is 11.4. The molecule has 1 fully saturated rings. The predicted molar refractivity (Wildman–Crippen MR) is 134 cm³/mol. The molecule has 1 saturated heterocycles. The fraction of sp³-hybridized carbons (Fsp3) is 0.481. The van der Waals surface area contributed by atoms with E-state index in [4.69, 9.17) is 19.9 Å². The summed E-state index contributed by atoms with van der Waals surface area (Å²) < 4.78 is 16.0. The van der Waals surface area contributed by atoms with Crippen LogP contribution in [0.15, 0.2) is 42.6 Å². The molecular formula is C27H35N3O6. The van der Waals surface area contributed by atoms with Crippen molar-refractivity contribution in [2.45, 2.75) is 57.6 Å². The minimum absolute atomic E-state index is 0.0889. The Hall–Kier alpha value is -3.46. The molecule has 0 bridgehead atoms. The number of hydrogen-bond donors (Lipinski definition) is 2. The average Bonchev–Trinajstić information content (AvgIpc) is 2.83. The zero-order valence-electron chi connectivity index (χ0n) is 21.3. The molecule has 1 aliphatic heterocycles. The van der Waals surface area contributed by atoms with Gasteiger partial charge in [0.1, 0.15) is 11.1 Å². The molecule has 2 aromatic rings. The Morgan fingerprint density at radius 1 is 1.11 bits per heavy atom. The first-order valence-electron chi connectivity index (χ1n) is 12.0. The molecule has 2 heterocycles. The normalized spacial score (nSPS) is 16.0. The summed E-state index contributed by atoms with van der Waals surface area (Å²) in [7, 11) is 1.56. The number of rotatable bonds is 9. The molecule has 1 aromatic carbocycles. The first-order valence-corrected chi connectivity index (χ1v) is 12.0. The Kier molecular flexibility index (Phi) is 8.68. The maximum Gasteiger partial charge on any atom is 0.408 e. The quantitative estimate of drug-likeness (QED) is 0.543. The second kappa shape index (κ2) is 11.5. The molecule has 1 aromatic heterocycles. The van der Waals surface area contributed by atoms with E-state index in [-0.39, 0.29) is 12.2 Å². The summed E-state index contributed by atoms with van der Waals surface area (Å²) >= 11 is 0. The van der Waals surface area contributed by atoms with Crippen molar-refractivity contribution in [3.63, 3.8) is 0 Å². The number of amides is 2. The van der Waals surface area contributed by atoms with Gasteiger partial charge < -0.3 is 25.3 Å². The summed E-state index contributed by atoms with van der Waals surface area (Å²) in [6.07, 6.45) is 1.83. The van der Waals surface area contributed by atoms with Crippen molar-refractivity contribution >= 4 is 17.8 Å². The number of nitrogens with zero attached hydrogens (tertiary/aromatic N) is 1. The first-order chi connectivity index (χ1) is 17.0. The van der Waals surface area contributed by atoms with Gasteiger partial charge in [-0.25, -0.2) is 9.78 Å². The minimum atomic E-state index is -1.15. The van der Waals surface area contributed by atoms with E-state index in [2.05, 4.69) is 10.3 Å². The lowest BCUT2D eigenvalue weighted by atomic mass is 9.80. The molecule has 0 spiro atoms. The highest BCUT2D eigenvalue weighted by Gasteiger charge is 2.43. The molecule has 194 valence electrons. The van der Waals surface area contributed by atoms with Gasteiger partial charge in [-0.3, -0.25) is 9.59 Å². The summed E-state index contributed by atoms with van der Waals surface area (Å²) in [5.41, 5.74) is 6.62. The number of alkyl carbamates (subject to hydrolysis) is 1. The van der Waals surface area contributed by atoms with Crippen LogP contribution in [0.25, 0.3) is 11.1 Å². The smallest absolute Gasteiger partial charge is 0.408 e. The van der Waals surface area contributed by atoms with Crippen LogP contribution >= 0.6 is 0 Å². The SMILES string of the molecule is COc1cc(-c2ccc(C[C@H](CC(=O)C3(NC(=O)OC(C)(C)C)CCOCC3)C(N)=O)cc2)ccn1. The van der Waals surface area contributed by atoms with Crippen LogP contribution in [0.2, 0.25) is 0 Å². The zero-order valence-corrected chi connectivity index (χ0v) is 21.3.